The van der Waals surface area contributed by atoms with Crippen LogP contribution in [0.1, 0.15) is 40.1 Å². The number of carbonyl (C=O) groups excluding carboxylic acids is 3. The molecule has 0 spiro atoms. The Morgan fingerprint density at radius 2 is 1.72 bits per heavy atom. The molecule has 1 heterocycles. The fourth-order valence-corrected chi connectivity index (χ4v) is 3.32. The van der Waals surface area contributed by atoms with Crippen molar-refractivity contribution in [3.8, 4) is 0 Å². The van der Waals surface area contributed by atoms with Gasteiger partial charge in [-0.25, -0.2) is 0 Å². The average molecular weight is 401 g/mol. The number of hydrogen-bond acceptors (Lipinski definition) is 3. The van der Waals surface area contributed by atoms with Gasteiger partial charge in [0, 0.05) is 4.47 Å². The molecule has 1 unspecified atom stereocenters. The van der Waals surface area contributed by atoms with E-state index in [0.29, 0.717) is 16.8 Å². The third-order valence-electron chi connectivity index (χ3n) is 4.29. The second kappa shape index (κ2) is 6.80. The summed E-state index contributed by atoms with van der Waals surface area (Å²) in [6.45, 7) is 3.59. The molecule has 0 saturated carbocycles. The molecule has 1 atom stereocenters. The number of imide groups is 1. The van der Waals surface area contributed by atoms with Crippen molar-refractivity contribution in [2.24, 2.45) is 0 Å². The van der Waals surface area contributed by atoms with Crippen molar-refractivity contribution in [3.05, 3.63) is 63.6 Å². The minimum absolute atomic E-state index is 0.334. The van der Waals surface area contributed by atoms with E-state index < -0.39 is 23.8 Å². The summed E-state index contributed by atoms with van der Waals surface area (Å²) in [4.78, 5) is 38.5. The van der Waals surface area contributed by atoms with Gasteiger partial charge in [0.15, 0.2) is 0 Å². The lowest BCUT2D eigenvalue weighted by molar-refractivity contribution is -0.119. The van der Waals surface area contributed by atoms with Crippen LogP contribution in [0.3, 0.4) is 0 Å². The Labute approximate surface area is 154 Å². The van der Waals surface area contributed by atoms with Crippen LogP contribution in [0.15, 0.2) is 46.9 Å². The Kier molecular flexibility index (Phi) is 4.72. The van der Waals surface area contributed by atoms with Crippen LogP contribution in [0.5, 0.6) is 0 Å². The Balaban J connectivity index is 1.80. The quantitative estimate of drug-likeness (QED) is 0.796. The summed E-state index contributed by atoms with van der Waals surface area (Å²) in [5.74, 6) is -1.30. The molecule has 128 valence electrons. The number of benzene rings is 2. The van der Waals surface area contributed by atoms with Gasteiger partial charge in [0.25, 0.3) is 11.8 Å². The molecule has 5 nitrogen and oxygen atoms in total. The van der Waals surface area contributed by atoms with E-state index in [0.717, 1.165) is 21.4 Å². The maximum Gasteiger partial charge on any atom is 0.262 e. The Bertz CT molecular complexity index is 844. The van der Waals surface area contributed by atoms with Crippen LogP contribution in [0.25, 0.3) is 0 Å². The largest absolute Gasteiger partial charge is 0.323 e. The van der Waals surface area contributed by atoms with E-state index in [4.69, 9.17) is 0 Å². The highest BCUT2D eigenvalue weighted by Crippen LogP contribution is 2.27. The molecule has 0 aromatic heterocycles. The second-order valence-electron chi connectivity index (χ2n) is 5.86. The molecule has 0 saturated heterocycles. The molecule has 3 amide bonds. The third-order valence-corrected chi connectivity index (χ3v) is 4.95. The number of nitrogens with zero attached hydrogens (tertiary/aromatic N) is 1. The van der Waals surface area contributed by atoms with E-state index in [1.165, 1.54) is 0 Å². The molecule has 0 aliphatic carbocycles. The predicted octanol–water partition coefficient (Wildman–Crippen LogP) is 3.63. The van der Waals surface area contributed by atoms with Crippen molar-refractivity contribution in [1.82, 2.24) is 4.90 Å². The number of hydrogen-bond donors (Lipinski definition) is 1. The normalized spacial score (nSPS) is 14.4. The predicted molar refractivity (Wildman–Crippen MR) is 98.6 cm³/mol. The number of halogens is 1. The number of carbonyl (C=O) groups is 3. The summed E-state index contributed by atoms with van der Waals surface area (Å²) >= 11 is 3.43. The number of fused-ring (bicyclic) bond motifs is 1. The SMILES string of the molecule is CCc1ccc(NC(=O)C(C)N2C(=O)c3ccccc3C2=O)c(Br)c1. The highest BCUT2D eigenvalue weighted by Gasteiger charge is 2.40. The minimum atomic E-state index is -0.912. The second-order valence-corrected chi connectivity index (χ2v) is 6.71. The van der Waals surface area contributed by atoms with Gasteiger partial charge in [-0.1, -0.05) is 25.1 Å². The van der Waals surface area contributed by atoms with Crippen molar-refractivity contribution in [2.45, 2.75) is 26.3 Å². The van der Waals surface area contributed by atoms with Gasteiger partial charge in [-0.15, -0.1) is 0 Å². The van der Waals surface area contributed by atoms with E-state index >= 15 is 0 Å². The lowest BCUT2D eigenvalue weighted by Gasteiger charge is -2.22. The van der Waals surface area contributed by atoms with Crippen LogP contribution in [-0.4, -0.2) is 28.7 Å². The van der Waals surface area contributed by atoms with Gasteiger partial charge in [-0.3, -0.25) is 19.3 Å². The van der Waals surface area contributed by atoms with Gasteiger partial charge < -0.3 is 5.32 Å². The molecule has 0 radical (unpaired) electrons. The summed E-state index contributed by atoms with van der Waals surface area (Å²) in [6.07, 6.45) is 0.887. The maximum atomic E-state index is 12.6. The minimum Gasteiger partial charge on any atom is -0.323 e. The standard InChI is InChI=1S/C19H17BrN2O3/c1-3-12-8-9-16(15(20)10-12)21-17(23)11(2)22-18(24)13-6-4-5-7-14(13)19(22)25/h4-11H,3H2,1-2H3,(H,21,23). The molecular formula is C19H17BrN2O3. The Hall–Kier alpha value is -2.47. The molecule has 25 heavy (non-hydrogen) atoms. The monoisotopic (exact) mass is 400 g/mol. The van der Waals surface area contributed by atoms with E-state index in [2.05, 4.69) is 21.2 Å². The summed E-state index contributed by atoms with van der Waals surface area (Å²) in [5.41, 5.74) is 2.41. The summed E-state index contributed by atoms with van der Waals surface area (Å²) in [5, 5.41) is 2.77. The molecule has 0 bridgehead atoms. The molecule has 0 fully saturated rings. The van der Waals surface area contributed by atoms with Gasteiger partial charge in [-0.05, 0) is 59.1 Å². The summed E-state index contributed by atoms with van der Waals surface area (Å²) in [7, 11) is 0. The lowest BCUT2D eigenvalue weighted by Crippen LogP contribution is -2.45. The smallest absolute Gasteiger partial charge is 0.262 e. The molecule has 1 aliphatic rings. The zero-order valence-corrected chi connectivity index (χ0v) is 15.5. The van der Waals surface area contributed by atoms with E-state index in [9.17, 15) is 14.4 Å². The van der Waals surface area contributed by atoms with Crippen LogP contribution in [0.4, 0.5) is 5.69 Å². The highest BCUT2D eigenvalue weighted by atomic mass is 79.9. The van der Waals surface area contributed by atoms with Crippen molar-refractivity contribution in [1.29, 1.82) is 0 Å². The van der Waals surface area contributed by atoms with Crippen molar-refractivity contribution in [2.75, 3.05) is 5.32 Å². The highest BCUT2D eigenvalue weighted by molar-refractivity contribution is 9.10. The maximum absolute atomic E-state index is 12.6. The molecule has 1 aliphatic heterocycles. The van der Waals surface area contributed by atoms with Crippen LogP contribution in [-0.2, 0) is 11.2 Å². The molecule has 2 aromatic carbocycles. The van der Waals surface area contributed by atoms with Crippen molar-refractivity contribution >= 4 is 39.3 Å². The van der Waals surface area contributed by atoms with Gasteiger partial charge in [0.05, 0.1) is 16.8 Å². The van der Waals surface area contributed by atoms with E-state index in [1.807, 2.05) is 19.1 Å². The van der Waals surface area contributed by atoms with Crippen LogP contribution < -0.4 is 5.32 Å². The first-order valence-corrected chi connectivity index (χ1v) is 8.79. The fourth-order valence-electron chi connectivity index (χ4n) is 2.79. The first-order chi connectivity index (χ1) is 11.9. The van der Waals surface area contributed by atoms with Crippen LogP contribution in [0, 0.1) is 0 Å². The van der Waals surface area contributed by atoms with Crippen LogP contribution >= 0.6 is 15.9 Å². The summed E-state index contributed by atoms with van der Waals surface area (Å²) in [6, 6.07) is 11.3. The van der Waals surface area contributed by atoms with Gasteiger partial charge in [0.2, 0.25) is 5.91 Å². The zero-order valence-electron chi connectivity index (χ0n) is 13.9. The number of amides is 3. The molecule has 2 aromatic rings. The van der Waals surface area contributed by atoms with Crippen molar-refractivity contribution < 1.29 is 14.4 Å². The Morgan fingerprint density at radius 3 is 2.24 bits per heavy atom. The lowest BCUT2D eigenvalue weighted by atomic mass is 10.1. The molecule has 1 N–H and O–H groups in total. The Morgan fingerprint density at radius 1 is 1.12 bits per heavy atom. The van der Waals surface area contributed by atoms with Gasteiger partial charge in [-0.2, -0.15) is 0 Å². The number of aryl methyl sites for hydroxylation is 1. The van der Waals surface area contributed by atoms with Gasteiger partial charge in [0.1, 0.15) is 6.04 Å². The molecule has 3 rings (SSSR count). The number of anilines is 1. The van der Waals surface area contributed by atoms with E-state index in [-0.39, 0.29) is 0 Å². The molecular weight excluding hydrogens is 384 g/mol. The van der Waals surface area contributed by atoms with E-state index in [1.54, 1.807) is 37.3 Å². The first-order valence-electron chi connectivity index (χ1n) is 8.00. The molecule has 6 heteroatoms. The zero-order chi connectivity index (χ0) is 18.1. The third kappa shape index (κ3) is 3.09. The average Bonchev–Trinajstić information content (AvgIpc) is 2.87. The first kappa shape index (κ1) is 17.4. The van der Waals surface area contributed by atoms with Gasteiger partial charge >= 0.3 is 0 Å². The number of rotatable bonds is 4. The summed E-state index contributed by atoms with van der Waals surface area (Å²) < 4.78 is 0.759. The van der Waals surface area contributed by atoms with Crippen LogP contribution in [0.2, 0.25) is 0 Å². The topological polar surface area (TPSA) is 66.5 Å². The van der Waals surface area contributed by atoms with Crippen molar-refractivity contribution in [3.63, 3.8) is 0 Å². The fraction of sp³-hybridized carbons (Fsp3) is 0.211. The number of nitrogens with one attached hydrogen (secondary N) is 1.